The molecule has 5 nitrogen and oxygen atoms in total. The molecule has 1 fully saturated rings. The topological polar surface area (TPSA) is 84.1 Å². The summed E-state index contributed by atoms with van der Waals surface area (Å²) in [6.07, 6.45) is 2.85. The standard InChI is InChI=1S/C29H27F3N4OS/c30-29(31,32)23-7-3-19(4-8-23)15-24(33)18-35-27-36-25(9-13-28(37)11-1-2-12-28)26(38-27)21-5-6-22-17-34-14-10-20(22)16-21/h3-8,10,14,16-17,24,37H,1-2,11-12,15,18,33H2,(H,35,36)/t24-/m0/s1. The van der Waals surface area contributed by atoms with Crippen LogP contribution in [-0.2, 0) is 12.6 Å². The Morgan fingerprint density at radius 2 is 1.84 bits per heavy atom. The highest BCUT2D eigenvalue weighted by molar-refractivity contribution is 7.19. The summed E-state index contributed by atoms with van der Waals surface area (Å²) < 4.78 is 38.5. The van der Waals surface area contributed by atoms with E-state index < -0.39 is 17.3 Å². The van der Waals surface area contributed by atoms with Gasteiger partial charge < -0.3 is 16.2 Å². The first-order chi connectivity index (χ1) is 18.2. The number of aliphatic hydroxyl groups is 1. The number of anilines is 1. The lowest BCUT2D eigenvalue weighted by Gasteiger charge is -2.13. The van der Waals surface area contributed by atoms with Crippen molar-refractivity contribution in [3.63, 3.8) is 0 Å². The summed E-state index contributed by atoms with van der Waals surface area (Å²) in [6.45, 7) is 0.383. The molecule has 0 spiro atoms. The lowest BCUT2D eigenvalue weighted by molar-refractivity contribution is -0.137. The maximum Gasteiger partial charge on any atom is 0.416 e. The summed E-state index contributed by atoms with van der Waals surface area (Å²) in [5.74, 6) is 6.19. The number of thiazole rings is 1. The summed E-state index contributed by atoms with van der Waals surface area (Å²) in [7, 11) is 0. The summed E-state index contributed by atoms with van der Waals surface area (Å²) >= 11 is 1.45. The van der Waals surface area contributed by atoms with Gasteiger partial charge in [0.25, 0.3) is 0 Å². The van der Waals surface area contributed by atoms with E-state index >= 15 is 0 Å². The van der Waals surface area contributed by atoms with Crippen molar-refractivity contribution < 1.29 is 18.3 Å². The summed E-state index contributed by atoms with van der Waals surface area (Å²) in [4.78, 5) is 9.76. The zero-order chi connectivity index (χ0) is 26.8. The second-order valence-electron chi connectivity index (χ2n) is 9.66. The number of benzene rings is 2. The highest BCUT2D eigenvalue weighted by atomic mass is 32.1. The van der Waals surface area contributed by atoms with Gasteiger partial charge in [-0.25, -0.2) is 4.98 Å². The van der Waals surface area contributed by atoms with Gasteiger partial charge in [-0.3, -0.25) is 4.98 Å². The van der Waals surface area contributed by atoms with Crippen LogP contribution in [0.3, 0.4) is 0 Å². The van der Waals surface area contributed by atoms with Crippen LogP contribution in [0, 0.1) is 11.8 Å². The molecule has 0 saturated heterocycles. The maximum atomic E-state index is 12.8. The Kier molecular flexibility index (Phi) is 7.39. The Morgan fingerprint density at radius 1 is 1.08 bits per heavy atom. The van der Waals surface area contributed by atoms with Gasteiger partial charge in [0, 0.05) is 30.4 Å². The second-order valence-corrected chi connectivity index (χ2v) is 10.7. The molecule has 2 aromatic carbocycles. The zero-order valence-electron chi connectivity index (χ0n) is 20.6. The Balaban J connectivity index is 1.35. The van der Waals surface area contributed by atoms with E-state index in [1.165, 1.54) is 23.5 Å². The average molecular weight is 537 g/mol. The van der Waals surface area contributed by atoms with Crippen molar-refractivity contribution in [1.82, 2.24) is 9.97 Å². The predicted molar refractivity (Wildman–Crippen MR) is 145 cm³/mol. The van der Waals surface area contributed by atoms with Gasteiger partial charge in [-0.2, -0.15) is 13.2 Å². The summed E-state index contributed by atoms with van der Waals surface area (Å²) in [5, 5.41) is 16.7. The molecule has 1 atom stereocenters. The van der Waals surface area contributed by atoms with Crippen LogP contribution in [-0.4, -0.2) is 33.3 Å². The average Bonchev–Trinajstić information content (AvgIpc) is 3.52. The summed E-state index contributed by atoms with van der Waals surface area (Å²) in [5.41, 5.74) is 6.90. The molecular weight excluding hydrogens is 509 g/mol. The van der Waals surface area contributed by atoms with Crippen LogP contribution in [0.5, 0.6) is 0 Å². The van der Waals surface area contributed by atoms with E-state index in [2.05, 4.69) is 28.2 Å². The fourth-order valence-corrected chi connectivity index (χ4v) is 5.51. The van der Waals surface area contributed by atoms with Crippen molar-refractivity contribution in [2.45, 2.75) is 49.9 Å². The number of rotatable bonds is 6. The number of pyridine rings is 1. The number of hydrogen-bond donors (Lipinski definition) is 3. The van der Waals surface area contributed by atoms with Crippen LogP contribution in [0.25, 0.3) is 21.2 Å². The number of alkyl halides is 3. The van der Waals surface area contributed by atoms with Crippen LogP contribution in [0.2, 0.25) is 0 Å². The van der Waals surface area contributed by atoms with Gasteiger partial charge in [0.15, 0.2) is 5.13 Å². The first-order valence-corrected chi connectivity index (χ1v) is 13.3. The number of nitrogens with one attached hydrogen (secondary N) is 1. The highest BCUT2D eigenvalue weighted by Crippen LogP contribution is 2.35. The largest absolute Gasteiger partial charge is 0.416 e. The van der Waals surface area contributed by atoms with E-state index in [1.54, 1.807) is 6.20 Å². The number of halogens is 3. The molecule has 0 unspecified atom stereocenters. The van der Waals surface area contributed by atoms with Gasteiger partial charge in [0.1, 0.15) is 11.3 Å². The van der Waals surface area contributed by atoms with Gasteiger partial charge in [-0.1, -0.05) is 41.5 Å². The number of nitrogens with zero attached hydrogens (tertiary/aromatic N) is 2. The van der Waals surface area contributed by atoms with E-state index in [0.717, 1.165) is 51.8 Å². The van der Waals surface area contributed by atoms with E-state index in [-0.39, 0.29) is 6.04 Å². The van der Waals surface area contributed by atoms with Crippen molar-refractivity contribution in [3.05, 3.63) is 77.7 Å². The quantitative estimate of drug-likeness (QED) is 0.263. The van der Waals surface area contributed by atoms with Gasteiger partial charge in [-0.05, 0) is 78.8 Å². The second kappa shape index (κ2) is 10.7. The SMILES string of the molecule is N[C@H](CNc1nc(C#CC2(O)CCCC2)c(-c2ccc3cnccc3c2)s1)Cc1ccc(C(F)(F)F)cc1. The lowest BCUT2D eigenvalue weighted by atomic mass is 10.0. The van der Waals surface area contributed by atoms with Crippen molar-refractivity contribution in [1.29, 1.82) is 0 Å². The molecule has 0 amide bonds. The van der Waals surface area contributed by atoms with Crippen LogP contribution >= 0.6 is 11.3 Å². The fourth-order valence-electron chi connectivity index (χ4n) is 4.58. The zero-order valence-corrected chi connectivity index (χ0v) is 21.4. The third kappa shape index (κ3) is 6.16. The molecule has 0 bridgehead atoms. The molecule has 196 valence electrons. The first kappa shape index (κ1) is 26.2. The number of hydrogen-bond acceptors (Lipinski definition) is 6. The molecule has 1 saturated carbocycles. The molecule has 1 aliphatic rings. The Hall–Kier alpha value is -3.45. The molecule has 4 N–H and O–H groups in total. The van der Waals surface area contributed by atoms with Gasteiger partial charge in [-0.15, -0.1) is 0 Å². The molecule has 5 rings (SSSR count). The highest BCUT2D eigenvalue weighted by Gasteiger charge is 2.30. The Labute approximate surface area is 222 Å². The molecule has 0 radical (unpaired) electrons. The molecule has 1 aliphatic carbocycles. The molecule has 2 heterocycles. The minimum absolute atomic E-state index is 0.332. The molecular formula is C29H27F3N4OS. The van der Waals surface area contributed by atoms with Crippen molar-refractivity contribution >= 4 is 27.2 Å². The van der Waals surface area contributed by atoms with E-state index in [1.807, 2.05) is 24.4 Å². The smallest absolute Gasteiger partial charge is 0.378 e. The molecule has 0 aliphatic heterocycles. The third-order valence-corrected chi connectivity index (χ3v) is 7.73. The van der Waals surface area contributed by atoms with Gasteiger partial charge in [0.2, 0.25) is 0 Å². The summed E-state index contributed by atoms with van der Waals surface area (Å²) in [6, 6.07) is 12.8. The maximum absolute atomic E-state index is 12.8. The van der Waals surface area contributed by atoms with E-state index in [9.17, 15) is 18.3 Å². The Bertz CT molecular complexity index is 1480. The van der Waals surface area contributed by atoms with Crippen LogP contribution in [0.1, 0.15) is 42.5 Å². The lowest BCUT2D eigenvalue weighted by Crippen LogP contribution is -2.31. The minimum atomic E-state index is -4.36. The fraction of sp³-hybridized carbons (Fsp3) is 0.310. The Morgan fingerprint density at radius 3 is 2.58 bits per heavy atom. The number of fused-ring (bicyclic) bond motifs is 1. The number of aromatic nitrogens is 2. The normalized spacial score (nSPS) is 15.7. The van der Waals surface area contributed by atoms with Gasteiger partial charge in [0.05, 0.1) is 10.4 Å². The van der Waals surface area contributed by atoms with Crippen molar-refractivity contribution in [2.75, 3.05) is 11.9 Å². The first-order valence-electron chi connectivity index (χ1n) is 12.4. The van der Waals surface area contributed by atoms with E-state index in [0.29, 0.717) is 36.6 Å². The van der Waals surface area contributed by atoms with Crippen LogP contribution in [0.15, 0.2) is 60.9 Å². The molecule has 2 aromatic heterocycles. The third-order valence-electron chi connectivity index (χ3n) is 6.67. The van der Waals surface area contributed by atoms with Crippen LogP contribution < -0.4 is 11.1 Å². The molecule has 4 aromatic rings. The molecule has 9 heteroatoms. The van der Waals surface area contributed by atoms with Gasteiger partial charge >= 0.3 is 6.18 Å². The van der Waals surface area contributed by atoms with Crippen molar-refractivity contribution in [2.24, 2.45) is 5.73 Å². The number of nitrogens with two attached hydrogens (primary N) is 1. The monoisotopic (exact) mass is 536 g/mol. The van der Waals surface area contributed by atoms with Crippen molar-refractivity contribution in [3.8, 4) is 22.3 Å². The minimum Gasteiger partial charge on any atom is -0.378 e. The van der Waals surface area contributed by atoms with Crippen LogP contribution in [0.4, 0.5) is 18.3 Å². The van der Waals surface area contributed by atoms with E-state index in [4.69, 9.17) is 10.7 Å². The predicted octanol–water partition coefficient (Wildman–Crippen LogP) is 6.02. The molecule has 38 heavy (non-hydrogen) atoms.